The highest BCUT2D eigenvalue weighted by Crippen LogP contribution is 2.39. The van der Waals surface area contributed by atoms with Gasteiger partial charge in [0.2, 0.25) is 0 Å². The van der Waals surface area contributed by atoms with Crippen LogP contribution in [0, 0.1) is 0 Å². The molecule has 1 N–H and O–H groups in total. The number of nitrogens with one attached hydrogen (secondary N) is 1. The fraction of sp³-hybridized carbons (Fsp3) is 0.233. The summed E-state index contributed by atoms with van der Waals surface area (Å²) in [5.74, 6) is 0.566. The Hall–Kier alpha value is -3.62. The molecule has 196 valence electrons. The highest BCUT2D eigenvalue weighted by molar-refractivity contribution is 8.26. The van der Waals surface area contributed by atoms with E-state index in [-0.39, 0.29) is 24.5 Å². The van der Waals surface area contributed by atoms with Gasteiger partial charge in [0.1, 0.15) is 4.32 Å². The van der Waals surface area contributed by atoms with Crippen molar-refractivity contribution in [3.05, 3.63) is 94.4 Å². The molecule has 8 heteroatoms. The summed E-state index contributed by atoms with van der Waals surface area (Å²) < 4.78 is 12.1. The monoisotopic (exact) mass is 546 g/mol. The zero-order valence-corrected chi connectivity index (χ0v) is 23.2. The Morgan fingerprint density at radius 1 is 1.03 bits per heavy atom. The summed E-state index contributed by atoms with van der Waals surface area (Å²) in [7, 11) is 0. The van der Waals surface area contributed by atoms with Crippen molar-refractivity contribution in [3.8, 4) is 11.5 Å². The standard InChI is InChI=1S/C30H30N2O4S2/c1-4-22-11-9-10-14-24(22)31-28(33)19-36-25-16-15-21(17-26(25)35-5-2)18-27-29(34)32(30(37)38-27)20(3)23-12-7-6-8-13-23/h6-18,20H,4-5,19H2,1-3H3,(H,31,33)/b27-18-/t20-/m1/s1. The smallest absolute Gasteiger partial charge is 0.266 e. The second-order valence-electron chi connectivity index (χ2n) is 8.63. The van der Waals surface area contributed by atoms with Crippen molar-refractivity contribution >= 4 is 51.9 Å². The van der Waals surface area contributed by atoms with Crippen molar-refractivity contribution in [1.29, 1.82) is 0 Å². The molecule has 1 atom stereocenters. The Labute approximate surface area is 233 Å². The minimum atomic E-state index is -0.256. The minimum absolute atomic E-state index is 0.126. The number of anilines is 1. The molecule has 0 aliphatic carbocycles. The Morgan fingerprint density at radius 2 is 1.76 bits per heavy atom. The van der Waals surface area contributed by atoms with Gasteiger partial charge in [-0.05, 0) is 61.2 Å². The molecule has 2 amide bonds. The summed E-state index contributed by atoms with van der Waals surface area (Å²) in [6.45, 7) is 6.15. The van der Waals surface area contributed by atoms with Crippen molar-refractivity contribution < 1.29 is 19.1 Å². The van der Waals surface area contributed by atoms with Crippen molar-refractivity contribution in [2.45, 2.75) is 33.2 Å². The van der Waals surface area contributed by atoms with Crippen LogP contribution in [0.2, 0.25) is 0 Å². The van der Waals surface area contributed by atoms with Crippen LogP contribution in [-0.2, 0) is 16.0 Å². The molecule has 0 saturated carbocycles. The molecular formula is C30H30N2O4S2. The third-order valence-corrected chi connectivity index (χ3v) is 7.42. The lowest BCUT2D eigenvalue weighted by molar-refractivity contribution is -0.123. The number of amides is 2. The Bertz CT molecular complexity index is 1360. The molecule has 0 unspecified atom stereocenters. The van der Waals surface area contributed by atoms with Crippen LogP contribution in [-0.4, -0.2) is 34.2 Å². The fourth-order valence-electron chi connectivity index (χ4n) is 4.13. The molecule has 1 aliphatic rings. The van der Waals surface area contributed by atoms with E-state index in [4.69, 9.17) is 21.7 Å². The number of carbonyl (C=O) groups excluding carboxylic acids is 2. The summed E-state index contributed by atoms with van der Waals surface area (Å²) in [4.78, 5) is 28.0. The first-order valence-electron chi connectivity index (χ1n) is 12.5. The summed E-state index contributed by atoms with van der Waals surface area (Å²) in [6, 6.07) is 22.7. The largest absolute Gasteiger partial charge is 0.490 e. The van der Waals surface area contributed by atoms with Crippen LogP contribution in [0.5, 0.6) is 11.5 Å². The average Bonchev–Trinajstić information content (AvgIpc) is 3.20. The van der Waals surface area contributed by atoms with Crippen molar-refractivity contribution in [2.24, 2.45) is 0 Å². The summed E-state index contributed by atoms with van der Waals surface area (Å²) in [6.07, 6.45) is 2.62. The zero-order valence-electron chi connectivity index (χ0n) is 21.6. The van der Waals surface area contributed by atoms with Crippen LogP contribution < -0.4 is 14.8 Å². The molecule has 1 heterocycles. The van der Waals surface area contributed by atoms with Crippen molar-refractivity contribution in [1.82, 2.24) is 4.90 Å². The van der Waals surface area contributed by atoms with Gasteiger partial charge in [0.25, 0.3) is 11.8 Å². The van der Waals surface area contributed by atoms with Gasteiger partial charge in [-0.25, -0.2) is 0 Å². The highest BCUT2D eigenvalue weighted by Gasteiger charge is 2.35. The van der Waals surface area contributed by atoms with E-state index in [9.17, 15) is 9.59 Å². The molecule has 3 aromatic rings. The molecule has 1 saturated heterocycles. The van der Waals surface area contributed by atoms with Crippen LogP contribution in [0.4, 0.5) is 5.69 Å². The van der Waals surface area contributed by atoms with E-state index in [1.54, 1.807) is 23.1 Å². The molecule has 1 fully saturated rings. The Balaban J connectivity index is 1.46. The lowest BCUT2D eigenvalue weighted by atomic mass is 10.1. The molecule has 0 bridgehead atoms. The van der Waals surface area contributed by atoms with E-state index in [1.807, 2.05) is 81.4 Å². The van der Waals surface area contributed by atoms with Crippen LogP contribution >= 0.6 is 24.0 Å². The van der Waals surface area contributed by atoms with E-state index >= 15 is 0 Å². The molecule has 1 aliphatic heterocycles. The maximum atomic E-state index is 13.2. The number of rotatable bonds is 10. The second kappa shape index (κ2) is 12.8. The van der Waals surface area contributed by atoms with E-state index in [0.717, 1.165) is 28.8 Å². The quantitative estimate of drug-likeness (QED) is 0.228. The second-order valence-corrected chi connectivity index (χ2v) is 10.3. The number of ether oxygens (including phenoxy) is 2. The fourth-order valence-corrected chi connectivity index (χ4v) is 5.55. The minimum Gasteiger partial charge on any atom is -0.490 e. The van der Waals surface area contributed by atoms with Gasteiger partial charge in [-0.2, -0.15) is 0 Å². The zero-order chi connectivity index (χ0) is 27.1. The maximum absolute atomic E-state index is 13.2. The van der Waals surface area contributed by atoms with Gasteiger partial charge in [0.15, 0.2) is 18.1 Å². The van der Waals surface area contributed by atoms with Crippen molar-refractivity contribution in [3.63, 3.8) is 0 Å². The third-order valence-electron chi connectivity index (χ3n) is 6.09. The molecular weight excluding hydrogens is 516 g/mol. The number of carbonyl (C=O) groups is 2. The van der Waals surface area contributed by atoms with Crippen molar-refractivity contribution in [2.75, 3.05) is 18.5 Å². The van der Waals surface area contributed by atoms with Gasteiger partial charge in [0, 0.05) is 5.69 Å². The number of thiocarbonyl (C=S) groups is 1. The Morgan fingerprint density at radius 3 is 2.50 bits per heavy atom. The van der Waals surface area contributed by atoms with Gasteiger partial charge in [0.05, 0.1) is 17.6 Å². The maximum Gasteiger partial charge on any atom is 0.266 e. The molecule has 0 radical (unpaired) electrons. The molecule has 0 spiro atoms. The summed E-state index contributed by atoms with van der Waals surface area (Å²) in [5, 5.41) is 2.91. The van der Waals surface area contributed by atoms with Gasteiger partial charge in [-0.3, -0.25) is 14.5 Å². The SMILES string of the molecule is CCOc1cc(/C=C2\SC(=S)N([C@H](C)c3ccccc3)C2=O)ccc1OCC(=O)Nc1ccccc1CC. The van der Waals surface area contributed by atoms with Gasteiger partial charge >= 0.3 is 0 Å². The lowest BCUT2D eigenvalue weighted by Crippen LogP contribution is -2.30. The molecule has 3 aromatic carbocycles. The summed E-state index contributed by atoms with van der Waals surface area (Å²) in [5.41, 5.74) is 3.63. The number of nitrogens with zero attached hydrogens (tertiary/aromatic N) is 1. The number of benzene rings is 3. The van der Waals surface area contributed by atoms with Crippen LogP contribution in [0.15, 0.2) is 77.7 Å². The van der Waals surface area contributed by atoms with Crippen LogP contribution in [0.1, 0.15) is 43.5 Å². The predicted molar refractivity (Wildman–Crippen MR) is 157 cm³/mol. The van der Waals surface area contributed by atoms with E-state index in [1.165, 1.54) is 11.8 Å². The normalized spacial score (nSPS) is 15.0. The number of hydrogen-bond donors (Lipinski definition) is 1. The first kappa shape index (κ1) is 27.4. The predicted octanol–water partition coefficient (Wildman–Crippen LogP) is 6.63. The van der Waals surface area contributed by atoms with E-state index in [2.05, 4.69) is 5.32 Å². The first-order chi connectivity index (χ1) is 18.4. The number of hydrogen-bond acceptors (Lipinski definition) is 6. The summed E-state index contributed by atoms with van der Waals surface area (Å²) >= 11 is 6.83. The molecule has 0 aromatic heterocycles. The number of thioether (sulfide) groups is 1. The van der Waals surface area contributed by atoms with Gasteiger partial charge < -0.3 is 14.8 Å². The highest BCUT2D eigenvalue weighted by atomic mass is 32.2. The molecule has 6 nitrogen and oxygen atoms in total. The van der Waals surface area contributed by atoms with E-state index in [0.29, 0.717) is 27.3 Å². The van der Waals surface area contributed by atoms with Gasteiger partial charge in [-0.1, -0.05) is 85.5 Å². The van der Waals surface area contributed by atoms with Crippen LogP contribution in [0.3, 0.4) is 0 Å². The first-order valence-corrected chi connectivity index (χ1v) is 13.7. The van der Waals surface area contributed by atoms with Gasteiger partial charge in [-0.15, -0.1) is 0 Å². The lowest BCUT2D eigenvalue weighted by Gasteiger charge is -2.23. The topological polar surface area (TPSA) is 67.9 Å². The van der Waals surface area contributed by atoms with E-state index < -0.39 is 0 Å². The van der Waals surface area contributed by atoms with Crippen LogP contribution in [0.25, 0.3) is 6.08 Å². The average molecular weight is 547 g/mol. The Kier molecular flexibility index (Phi) is 9.20. The third kappa shape index (κ3) is 6.44. The number of aryl methyl sites for hydroxylation is 1. The molecule has 38 heavy (non-hydrogen) atoms. The number of para-hydroxylation sites is 1. The molecule has 4 rings (SSSR count).